The SMILES string of the molecule is NC(CC(=O)c1cccc2c1Nc1c(cc(OC3OC(CO)C(O)C(O)C3O)c3[nH]c(C(=O)O)cc(=O)c13)O2)C(=O)O. The molecule has 5 rings (SSSR count). The molecule has 16 nitrogen and oxygen atoms in total. The number of carbonyl (C=O) groups excluding carboxylic acids is 1. The van der Waals surface area contributed by atoms with Crippen LogP contribution in [-0.4, -0.2) is 96.7 Å². The molecule has 1 aromatic heterocycles. The summed E-state index contributed by atoms with van der Waals surface area (Å²) < 4.78 is 17.1. The predicted octanol–water partition coefficient (Wildman–Crippen LogP) is -0.761. The van der Waals surface area contributed by atoms with E-state index in [1.54, 1.807) is 0 Å². The maximum Gasteiger partial charge on any atom is 0.352 e. The summed E-state index contributed by atoms with van der Waals surface area (Å²) in [5.41, 5.74) is 4.10. The first-order valence-electron chi connectivity index (χ1n) is 12.4. The van der Waals surface area contributed by atoms with Crippen LogP contribution in [-0.2, 0) is 9.53 Å². The maximum atomic E-state index is 13.3. The van der Waals surface area contributed by atoms with Gasteiger partial charge in [-0.3, -0.25) is 14.4 Å². The number of hydrogen-bond donors (Lipinski definition) is 9. The summed E-state index contributed by atoms with van der Waals surface area (Å²) in [5.74, 6) is -3.68. The second kappa shape index (κ2) is 11.0. The van der Waals surface area contributed by atoms with Crippen LogP contribution in [0.3, 0.4) is 0 Å². The van der Waals surface area contributed by atoms with Gasteiger partial charge in [-0.25, -0.2) is 4.79 Å². The second-order valence-electron chi connectivity index (χ2n) is 9.64. The number of aromatic nitrogens is 1. The Balaban J connectivity index is 1.62. The zero-order chi connectivity index (χ0) is 30.5. The van der Waals surface area contributed by atoms with Gasteiger partial charge in [0.25, 0.3) is 0 Å². The maximum absolute atomic E-state index is 13.3. The number of ketones is 1. The van der Waals surface area contributed by atoms with Crippen LogP contribution in [0.25, 0.3) is 10.9 Å². The predicted molar refractivity (Wildman–Crippen MR) is 140 cm³/mol. The number of aliphatic hydroxyl groups excluding tert-OH is 4. The molecule has 3 heterocycles. The number of H-pyrrole nitrogens is 1. The van der Waals surface area contributed by atoms with Gasteiger partial charge < -0.3 is 60.9 Å². The van der Waals surface area contributed by atoms with E-state index in [1.807, 2.05) is 0 Å². The molecule has 2 aliphatic heterocycles. The van der Waals surface area contributed by atoms with Gasteiger partial charge in [-0.15, -0.1) is 0 Å². The van der Waals surface area contributed by atoms with Gasteiger partial charge in [0, 0.05) is 24.1 Å². The second-order valence-corrected chi connectivity index (χ2v) is 9.64. The molecule has 42 heavy (non-hydrogen) atoms. The molecule has 10 N–H and O–H groups in total. The van der Waals surface area contributed by atoms with Gasteiger partial charge in [0.1, 0.15) is 36.2 Å². The number of aliphatic carboxylic acids is 1. The van der Waals surface area contributed by atoms with E-state index in [0.717, 1.165) is 6.07 Å². The molecule has 0 radical (unpaired) electrons. The summed E-state index contributed by atoms with van der Waals surface area (Å²) >= 11 is 0. The van der Waals surface area contributed by atoms with Gasteiger partial charge in [0.05, 0.1) is 28.9 Å². The Kier molecular flexibility index (Phi) is 7.58. The number of hydrogen-bond acceptors (Lipinski definition) is 13. The first kappa shape index (κ1) is 28.9. The van der Waals surface area contributed by atoms with Gasteiger partial charge in [-0.1, -0.05) is 6.07 Å². The van der Waals surface area contributed by atoms with Crippen molar-refractivity contribution >= 4 is 40.0 Å². The zero-order valence-electron chi connectivity index (χ0n) is 21.4. The third kappa shape index (κ3) is 5.02. The van der Waals surface area contributed by atoms with Crippen molar-refractivity contribution in [2.24, 2.45) is 5.73 Å². The molecule has 0 saturated carbocycles. The fourth-order valence-electron chi connectivity index (χ4n) is 4.70. The summed E-state index contributed by atoms with van der Waals surface area (Å²) in [6.07, 6.45) is -8.82. The Bertz CT molecular complexity index is 1650. The normalized spacial score (nSPS) is 23.6. The first-order valence-corrected chi connectivity index (χ1v) is 12.4. The highest BCUT2D eigenvalue weighted by atomic mass is 16.7. The third-order valence-electron chi connectivity index (χ3n) is 6.88. The number of pyridine rings is 1. The summed E-state index contributed by atoms with van der Waals surface area (Å²) in [4.78, 5) is 51.6. The van der Waals surface area contributed by atoms with Crippen molar-refractivity contribution in [1.82, 2.24) is 4.98 Å². The number of benzene rings is 2. The number of fused-ring (bicyclic) bond motifs is 4. The van der Waals surface area contributed by atoms with Crippen molar-refractivity contribution in [3.05, 3.63) is 51.8 Å². The van der Waals surface area contributed by atoms with Crippen LogP contribution in [0.2, 0.25) is 0 Å². The van der Waals surface area contributed by atoms with Gasteiger partial charge in [0.2, 0.25) is 6.29 Å². The van der Waals surface area contributed by atoms with Crippen molar-refractivity contribution in [3.8, 4) is 17.2 Å². The van der Waals surface area contributed by atoms with E-state index in [0.29, 0.717) is 0 Å². The topological polar surface area (TPSA) is 271 Å². The smallest absolute Gasteiger partial charge is 0.352 e. The van der Waals surface area contributed by atoms with Crippen LogP contribution < -0.4 is 26.0 Å². The van der Waals surface area contributed by atoms with Gasteiger partial charge in [0.15, 0.2) is 28.5 Å². The Morgan fingerprint density at radius 1 is 1.02 bits per heavy atom. The number of carboxylic acid groups (broad SMARTS) is 2. The standard InChI is InChI=1S/C26H25N3O13/c27-9(24(36)37)4-11(31)8-2-1-3-13-18(8)29-20-14(40-13)6-15(19-17(20)12(32)5-10(28-19)25(38)39)41-26-23(35)22(34)21(33)16(7-30)42-26/h1-3,5-6,9,16,21-23,26,29-30,33-35H,4,7,27H2,(H,28,32)(H,36,37)(H,38,39). The molecule has 6 atom stereocenters. The number of aromatic carboxylic acids is 1. The monoisotopic (exact) mass is 587 g/mol. The molecule has 2 aromatic carbocycles. The fourth-order valence-corrected chi connectivity index (χ4v) is 4.70. The van der Waals surface area contributed by atoms with Crippen molar-refractivity contribution in [1.29, 1.82) is 0 Å². The van der Waals surface area contributed by atoms with E-state index in [-0.39, 0.29) is 45.1 Å². The summed E-state index contributed by atoms with van der Waals surface area (Å²) in [5, 5.41) is 61.6. The first-order chi connectivity index (χ1) is 19.9. The number of Topliss-reactive ketones (excluding diaryl/α,β-unsaturated/α-hetero) is 1. The minimum atomic E-state index is -1.83. The van der Waals surface area contributed by atoms with Crippen LogP contribution >= 0.6 is 0 Å². The number of aliphatic hydroxyl groups is 4. The molecule has 2 aliphatic rings. The Hall–Kier alpha value is -4.58. The lowest BCUT2D eigenvalue weighted by atomic mass is 9.99. The Morgan fingerprint density at radius 2 is 1.76 bits per heavy atom. The molecule has 1 saturated heterocycles. The van der Waals surface area contributed by atoms with Crippen molar-refractivity contribution in [2.45, 2.75) is 43.2 Å². The quantitative estimate of drug-likeness (QED) is 0.115. The number of anilines is 2. The summed E-state index contributed by atoms with van der Waals surface area (Å²) in [6.45, 7) is -0.738. The number of para-hydroxylation sites is 1. The number of aromatic amines is 1. The number of nitrogens with one attached hydrogen (secondary N) is 2. The molecule has 0 spiro atoms. The number of carboxylic acids is 2. The molecule has 222 valence electrons. The number of nitrogens with two attached hydrogens (primary N) is 1. The lowest BCUT2D eigenvalue weighted by molar-refractivity contribution is -0.277. The highest BCUT2D eigenvalue weighted by Gasteiger charge is 2.45. The molecular weight excluding hydrogens is 562 g/mol. The summed E-state index contributed by atoms with van der Waals surface area (Å²) in [6, 6.07) is 4.94. The molecule has 3 aromatic rings. The lowest BCUT2D eigenvalue weighted by Crippen LogP contribution is -2.60. The van der Waals surface area contributed by atoms with Crippen LogP contribution in [0.15, 0.2) is 35.1 Å². The Labute approximate surface area is 234 Å². The third-order valence-corrected chi connectivity index (χ3v) is 6.88. The van der Waals surface area contributed by atoms with Crippen LogP contribution in [0, 0.1) is 0 Å². The summed E-state index contributed by atoms with van der Waals surface area (Å²) in [7, 11) is 0. The van der Waals surface area contributed by atoms with E-state index in [2.05, 4.69) is 10.3 Å². The van der Waals surface area contributed by atoms with E-state index >= 15 is 0 Å². The minimum absolute atomic E-state index is 0.000348. The molecular formula is C26H25N3O13. The number of ether oxygens (including phenoxy) is 3. The highest BCUT2D eigenvalue weighted by molar-refractivity contribution is 6.08. The van der Waals surface area contributed by atoms with Gasteiger partial charge >= 0.3 is 11.9 Å². The molecule has 0 aliphatic carbocycles. The van der Waals surface area contributed by atoms with Crippen molar-refractivity contribution < 1.29 is 59.2 Å². The van der Waals surface area contributed by atoms with Crippen LogP contribution in [0.5, 0.6) is 17.2 Å². The van der Waals surface area contributed by atoms with Gasteiger partial charge in [-0.2, -0.15) is 0 Å². The van der Waals surface area contributed by atoms with E-state index in [4.69, 9.17) is 25.1 Å². The number of carbonyl (C=O) groups is 3. The molecule has 0 bridgehead atoms. The Morgan fingerprint density at radius 3 is 2.43 bits per heavy atom. The molecule has 1 fully saturated rings. The highest BCUT2D eigenvalue weighted by Crippen LogP contribution is 2.48. The average Bonchev–Trinajstić information content (AvgIpc) is 2.95. The van der Waals surface area contributed by atoms with Crippen LogP contribution in [0.1, 0.15) is 27.3 Å². The van der Waals surface area contributed by atoms with E-state index in [9.17, 15) is 44.7 Å². The largest absolute Gasteiger partial charge is 0.480 e. The van der Waals surface area contributed by atoms with E-state index in [1.165, 1.54) is 24.3 Å². The fraction of sp³-hybridized carbons (Fsp3) is 0.308. The average molecular weight is 587 g/mol. The molecule has 6 unspecified atom stereocenters. The molecule has 16 heteroatoms. The minimum Gasteiger partial charge on any atom is -0.480 e. The zero-order valence-corrected chi connectivity index (χ0v) is 21.4. The van der Waals surface area contributed by atoms with Crippen molar-refractivity contribution in [3.63, 3.8) is 0 Å². The molecule has 0 amide bonds. The van der Waals surface area contributed by atoms with Gasteiger partial charge in [-0.05, 0) is 12.1 Å². The van der Waals surface area contributed by atoms with Crippen molar-refractivity contribution in [2.75, 3.05) is 11.9 Å². The lowest BCUT2D eigenvalue weighted by Gasteiger charge is -2.39. The van der Waals surface area contributed by atoms with Crippen LogP contribution in [0.4, 0.5) is 11.4 Å². The number of rotatable bonds is 8. The van der Waals surface area contributed by atoms with E-state index < -0.39 is 78.6 Å².